The number of carbonyl (C=O) groups excluding carboxylic acids is 1. The predicted octanol–water partition coefficient (Wildman–Crippen LogP) is 4.56. The molecule has 0 fully saturated rings. The van der Waals surface area contributed by atoms with Gasteiger partial charge in [0.1, 0.15) is 5.75 Å². The van der Waals surface area contributed by atoms with Gasteiger partial charge in [0.05, 0.1) is 11.4 Å². The van der Waals surface area contributed by atoms with Gasteiger partial charge in [0, 0.05) is 17.0 Å². The molecule has 0 amide bonds. The number of Topliss-reactive ketones (excluding diaryl/α,β-unsaturated/α-hetero) is 1. The number of benzene rings is 1. The van der Waals surface area contributed by atoms with Gasteiger partial charge in [0.2, 0.25) is 0 Å². The first-order valence-electron chi connectivity index (χ1n) is 7.94. The van der Waals surface area contributed by atoms with E-state index in [1.165, 1.54) is 0 Å². The summed E-state index contributed by atoms with van der Waals surface area (Å²) in [6.07, 6.45) is 2.89. The number of hydrogen-bond acceptors (Lipinski definition) is 3. The molecule has 0 saturated carbocycles. The Kier molecular flexibility index (Phi) is 3.97. The lowest BCUT2D eigenvalue weighted by Gasteiger charge is -2.27. The van der Waals surface area contributed by atoms with Gasteiger partial charge in [-0.15, -0.1) is 0 Å². The minimum atomic E-state index is 0.147. The van der Waals surface area contributed by atoms with E-state index in [1.54, 1.807) is 12.1 Å². The molecular weight excluding hydrogens is 274 g/mol. The fourth-order valence-electron chi connectivity index (χ4n) is 3.31. The summed E-state index contributed by atoms with van der Waals surface area (Å²) in [7, 11) is 0. The number of hydrogen-bond donors (Lipinski definition) is 1. The van der Waals surface area contributed by atoms with Crippen molar-refractivity contribution < 1.29 is 9.90 Å². The third-order valence-corrected chi connectivity index (χ3v) is 4.47. The highest BCUT2D eigenvalue weighted by Gasteiger charge is 2.32. The Morgan fingerprint density at radius 3 is 2.59 bits per heavy atom. The van der Waals surface area contributed by atoms with Crippen molar-refractivity contribution in [1.29, 1.82) is 0 Å². The zero-order valence-electron chi connectivity index (χ0n) is 13.0. The molecule has 2 atom stereocenters. The van der Waals surface area contributed by atoms with E-state index < -0.39 is 0 Å². The van der Waals surface area contributed by atoms with Crippen molar-refractivity contribution in [2.75, 3.05) is 0 Å². The average molecular weight is 295 g/mol. The Bertz CT molecular complexity index is 691. The molecular formula is C19H21NO2. The molecule has 114 valence electrons. The normalized spacial score (nSPS) is 20.7. The van der Waals surface area contributed by atoms with E-state index >= 15 is 0 Å². The van der Waals surface area contributed by atoms with Crippen molar-refractivity contribution in [3.63, 3.8) is 0 Å². The number of fused-ring (bicyclic) bond motifs is 1. The molecule has 3 heteroatoms. The van der Waals surface area contributed by atoms with Crippen LogP contribution in [0.4, 0.5) is 0 Å². The maximum absolute atomic E-state index is 12.6. The van der Waals surface area contributed by atoms with Crippen LogP contribution in [0.25, 0.3) is 11.3 Å². The van der Waals surface area contributed by atoms with E-state index in [2.05, 4.69) is 13.8 Å². The van der Waals surface area contributed by atoms with Crippen molar-refractivity contribution >= 4 is 5.78 Å². The zero-order valence-corrected chi connectivity index (χ0v) is 13.0. The summed E-state index contributed by atoms with van der Waals surface area (Å²) < 4.78 is 0. The standard InChI is InChI=1S/C19H21NO2/c1-3-4-14-11-12(2)18-16(19(14)22)9-10-17(20-18)13-5-7-15(21)8-6-13/h5-10,12,14,21H,3-4,11H2,1-2H3. The van der Waals surface area contributed by atoms with E-state index in [-0.39, 0.29) is 17.5 Å². The molecule has 1 aliphatic carbocycles. The summed E-state index contributed by atoms with van der Waals surface area (Å²) >= 11 is 0. The molecule has 0 aliphatic heterocycles. The highest BCUT2D eigenvalue weighted by atomic mass is 16.3. The van der Waals surface area contributed by atoms with Crippen molar-refractivity contribution in [2.24, 2.45) is 5.92 Å². The summed E-state index contributed by atoms with van der Waals surface area (Å²) in [5, 5.41) is 9.39. The number of ketones is 1. The third-order valence-electron chi connectivity index (χ3n) is 4.47. The molecule has 1 aromatic carbocycles. The number of phenols is 1. The Hall–Kier alpha value is -2.16. The molecule has 1 heterocycles. The maximum Gasteiger partial charge on any atom is 0.167 e. The number of carbonyl (C=O) groups is 1. The second-order valence-corrected chi connectivity index (χ2v) is 6.16. The van der Waals surface area contributed by atoms with E-state index in [0.29, 0.717) is 5.92 Å². The van der Waals surface area contributed by atoms with Crippen molar-refractivity contribution in [1.82, 2.24) is 4.98 Å². The van der Waals surface area contributed by atoms with Gasteiger partial charge in [0.25, 0.3) is 0 Å². The lowest BCUT2D eigenvalue weighted by Crippen LogP contribution is -2.25. The molecule has 3 rings (SSSR count). The van der Waals surface area contributed by atoms with Gasteiger partial charge in [-0.25, -0.2) is 0 Å². The van der Waals surface area contributed by atoms with E-state index in [4.69, 9.17) is 4.98 Å². The van der Waals surface area contributed by atoms with Crippen molar-refractivity contribution in [2.45, 2.75) is 39.0 Å². The van der Waals surface area contributed by atoms with Gasteiger partial charge in [-0.05, 0) is 55.2 Å². The number of aromatic hydroxyl groups is 1. The summed E-state index contributed by atoms with van der Waals surface area (Å²) in [6.45, 7) is 4.28. The van der Waals surface area contributed by atoms with Crippen LogP contribution in [0, 0.1) is 5.92 Å². The first-order valence-corrected chi connectivity index (χ1v) is 7.94. The zero-order chi connectivity index (χ0) is 15.7. The van der Waals surface area contributed by atoms with Gasteiger partial charge < -0.3 is 5.11 Å². The monoisotopic (exact) mass is 295 g/mol. The van der Waals surface area contributed by atoms with Crippen LogP contribution in [-0.4, -0.2) is 15.9 Å². The minimum absolute atomic E-state index is 0.147. The van der Waals surface area contributed by atoms with Crippen LogP contribution in [0.2, 0.25) is 0 Å². The molecule has 1 aromatic heterocycles. The smallest absolute Gasteiger partial charge is 0.167 e. The highest BCUT2D eigenvalue weighted by Crippen LogP contribution is 2.36. The lowest BCUT2D eigenvalue weighted by atomic mass is 9.77. The van der Waals surface area contributed by atoms with Crippen LogP contribution in [0.3, 0.4) is 0 Å². The Balaban J connectivity index is 1.99. The predicted molar refractivity (Wildman–Crippen MR) is 87.1 cm³/mol. The molecule has 1 N–H and O–H groups in total. The molecule has 2 unspecified atom stereocenters. The van der Waals surface area contributed by atoms with Gasteiger partial charge in [-0.1, -0.05) is 20.3 Å². The second-order valence-electron chi connectivity index (χ2n) is 6.16. The molecule has 0 radical (unpaired) electrons. The highest BCUT2D eigenvalue weighted by molar-refractivity contribution is 6.00. The Labute approximate surface area is 131 Å². The van der Waals surface area contributed by atoms with Crippen molar-refractivity contribution in [3.05, 3.63) is 47.7 Å². The van der Waals surface area contributed by atoms with E-state index in [0.717, 1.165) is 41.8 Å². The molecule has 0 saturated heterocycles. The van der Waals surface area contributed by atoms with Crippen LogP contribution in [-0.2, 0) is 0 Å². The van der Waals surface area contributed by atoms with Crippen LogP contribution >= 0.6 is 0 Å². The number of nitrogens with zero attached hydrogens (tertiary/aromatic N) is 1. The van der Waals surface area contributed by atoms with Gasteiger partial charge in [0.15, 0.2) is 5.78 Å². The molecule has 2 aromatic rings. The number of aromatic nitrogens is 1. The fourth-order valence-corrected chi connectivity index (χ4v) is 3.31. The lowest BCUT2D eigenvalue weighted by molar-refractivity contribution is 0.0884. The number of rotatable bonds is 3. The maximum atomic E-state index is 12.6. The van der Waals surface area contributed by atoms with Crippen LogP contribution in [0.5, 0.6) is 5.75 Å². The summed E-state index contributed by atoms with van der Waals surface area (Å²) in [5.41, 5.74) is 3.52. The summed E-state index contributed by atoms with van der Waals surface area (Å²) in [4.78, 5) is 17.3. The average Bonchev–Trinajstić information content (AvgIpc) is 2.53. The quantitative estimate of drug-likeness (QED) is 0.903. The molecule has 3 nitrogen and oxygen atoms in total. The largest absolute Gasteiger partial charge is 0.508 e. The van der Waals surface area contributed by atoms with Gasteiger partial charge >= 0.3 is 0 Å². The van der Waals surface area contributed by atoms with E-state index in [1.807, 2.05) is 24.3 Å². The third kappa shape index (κ3) is 2.63. The molecule has 22 heavy (non-hydrogen) atoms. The van der Waals surface area contributed by atoms with Crippen LogP contribution < -0.4 is 0 Å². The van der Waals surface area contributed by atoms with E-state index in [9.17, 15) is 9.90 Å². The first-order chi connectivity index (χ1) is 10.6. The Morgan fingerprint density at radius 1 is 1.18 bits per heavy atom. The number of phenolic OH excluding ortho intramolecular Hbond substituents is 1. The topological polar surface area (TPSA) is 50.2 Å². The Morgan fingerprint density at radius 2 is 1.91 bits per heavy atom. The van der Waals surface area contributed by atoms with Crippen LogP contribution in [0.1, 0.15) is 55.1 Å². The van der Waals surface area contributed by atoms with Crippen molar-refractivity contribution in [3.8, 4) is 17.0 Å². The SMILES string of the molecule is CCCC1CC(C)c2nc(-c3ccc(O)cc3)ccc2C1=O. The molecule has 0 spiro atoms. The molecule has 0 bridgehead atoms. The van der Waals surface area contributed by atoms with Gasteiger partial charge in [-0.3, -0.25) is 9.78 Å². The second kappa shape index (κ2) is 5.91. The first kappa shape index (κ1) is 14.8. The minimum Gasteiger partial charge on any atom is -0.508 e. The summed E-state index contributed by atoms with van der Waals surface area (Å²) in [6, 6.07) is 10.8. The molecule has 1 aliphatic rings. The fraction of sp³-hybridized carbons (Fsp3) is 0.368. The van der Waals surface area contributed by atoms with Gasteiger partial charge in [-0.2, -0.15) is 0 Å². The summed E-state index contributed by atoms with van der Waals surface area (Å²) in [5.74, 6) is 0.947. The number of pyridine rings is 1. The van der Waals surface area contributed by atoms with Crippen LogP contribution in [0.15, 0.2) is 36.4 Å².